The number of benzene rings is 1. The number of rotatable bonds is 2. The third-order valence-corrected chi connectivity index (χ3v) is 4.45. The number of ether oxygens (including phenoxy) is 2. The minimum absolute atomic E-state index is 0.325. The van der Waals surface area contributed by atoms with Crippen molar-refractivity contribution in [3.05, 3.63) is 47.2 Å². The molecular weight excluding hydrogens is 290 g/mol. The summed E-state index contributed by atoms with van der Waals surface area (Å²) in [6.07, 6.45) is 0. The molecule has 0 fully saturated rings. The number of pyridine rings is 1. The number of nitrogens with zero attached hydrogens (tertiary/aromatic N) is 3. The van der Waals surface area contributed by atoms with Crippen LogP contribution in [0.1, 0.15) is 16.8 Å². The molecule has 5 nitrogen and oxygen atoms in total. The van der Waals surface area contributed by atoms with E-state index in [1.807, 2.05) is 13.0 Å². The second-order valence-corrected chi connectivity index (χ2v) is 6.26. The number of anilines is 1. The molecular formula is C18H21N3O2. The largest absolute Gasteiger partial charge is 0.454 e. The van der Waals surface area contributed by atoms with Crippen LogP contribution in [0.4, 0.5) is 5.82 Å². The number of aryl methyl sites for hydroxylation is 1. The highest BCUT2D eigenvalue weighted by Gasteiger charge is 2.20. The van der Waals surface area contributed by atoms with E-state index in [4.69, 9.17) is 14.5 Å². The van der Waals surface area contributed by atoms with E-state index in [2.05, 4.69) is 41.1 Å². The summed E-state index contributed by atoms with van der Waals surface area (Å²) in [5.41, 5.74) is 3.61. The summed E-state index contributed by atoms with van der Waals surface area (Å²) in [5.74, 6) is 2.81. The molecule has 0 saturated carbocycles. The molecule has 120 valence electrons. The summed E-state index contributed by atoms with van der Waals surface area (Å²) in [4.78, 5) is 9.41. The molecule has 3 heterocycles. The van der Waals surface area contributed by atoms with Gasteiger partial charge in [-0.25, -0.2) is 4.98 Å². The topological polar surface area (TPSA) is 37.8 Å². The predicted octanol–water partition coefficient (Wildman–Crippen LogP) is 2.57. The summed E-state index contributed by atoms with van der Waals surface area (Å²) in [7, 11) is 2.12. The fraction of sp³-hybridized carbons (Fsp3) is 0.389. The molecule has 2 aromatic rings. The van der Waals surface area contributed by atoms with Gasteiger partial charge in [-0.15, -0.1) is 0 Å². The second-order valence-electron chi connectivity index (χ2n) is 6.26. The van der Waals surface area contributed by atoms with Gasteiger partial charge in [-0.3, -0.25) is 4.90 Å². The number of aromatic nitrogens is 1. The van der Waals surface area contributed by atoms with E-state index in [-0.39, 0.29) is 0 Å². The Labute approximate surface area is 136 Å². The van der Waals surface area contributed by atoms with Gasteiger partial charge in [0.25, 0.3) is 0 Å². The van der Waals surface area contributed by atoms with Crippen LogP contribution < -0.4 is 14.4 Å². The number of hydrogen-bond acceptors (Lipinski definition) is 5. The first-order chi connectivity index (χ1) is 11.2. The van der Waals surface area contributed by atoms with Gasteiger partial charge < -0.3 is 14.4 Å². The number of likely N-dealkylation sites (N-methyl/N-ethyl adjacent to an activating group) is 1. The first kappa shape index (κ1) is 14.3. The molecule has 0 unspecified atom stereocenters. The van der Waals surface area contributed by atoms with Crippen LogP contribution in [0, 0.1) is 6.92 Å². The van der Waals surface area contributed by atoms with Gasteiger partial charge in [-0.2, -0.15) is 0 Å². The molecule has 5 heteroatoms. The van der Waals surface area contributed by atoms with E-state index in [0.717, 1.165) is 49.2 Å². The van der Waals surface area contributed by atoms with E-state index in [1.165, 1.54) is 11.1 Å². The molecule has 0 bridgehead atoms. The molecule has 0 amide bonds. The molecule has 1 aromatic heterocycles. The van der Waals surface area contributed by atoms with Crippen LogP contribution in [0.3, 0.4) is 0 Å². The van der Waals surface area contributed by atoms with E-state index in [9.17, 15) is 0 Å². The van der Waals surface area contributed by atoms with Gasteiger partial charge in [0.1, 0.15) is 5.82 Å². The van der Waals surface area contributed by atoms with Crippen molar-refractivity contribution in [2.24, 2.45) is 0 Å². The molecule has 0 saturated heterocycles. The average Bonchev–Trinajstić information content (AvgIpc) is 2.95. The molecule has 1 aromatic carbocycles. The van der Waals surface area contributed by atoms with Crippen LogP contribution in [0.25, 0.3) is 0 Å². The Bertz CT molecular complexity index is 732. The Morgan fingerprint density at radius 2 is 1.96 bits per heavy atom. The second kappa shape index (κ2) is 5.74. The summed E-state index contributed by atoms with van der Waals surface area (Å²) in [6.45, 7) is 6.18. The minimum atomic E-state index is 0.325. The van der Waals surface area contributed by atoms with Crippen molar-refractivity contribution >= 4 is 5.82 Å². The van der Waals surface area contributed by atoms with Crippen LogP contribution in [0.2, 0.25) is 0 Å². The summed E-state index contributed by atoms with van der Waals surface area (Å²) in [6, 6.07) is 10.5. The number of hydrogen-bond donors (Lipinski definition) is 0. The van der Waals surface area contributed by atoms with Crippen molar-refractivity contribution in [3.63, 3.8) is 0 Å². The maximum atomic E-state index is 5.48. The zero-order valence-electron chi connectivity index (χ0n) is 13.6. The molecule has 2 aliphatic heterocycles. The molecule has 23 heavy (non-hydrogen) atoms. The Morgan fingerprint density at radius 3 is 2.87 bits per heavy atom. The Hall–Kier alpha value is -2.27. The highest BCUT2D eigenvalue weighted by Crippen LogP contribution is 2.33. The Kier molecular flexibility index (Phi) is 3.58. The fourth-order valence-corrected chi connectivity index (χ4v) is 3.18. The molecule has 0 atom stereocenters. The lowest BCUT2D eigenvalue weighted by Crippen LogP contribution is -2.29. The molecule has 2 aliphatic rings. The van der Waals surface area contributed by atoms with Gasteiger partial charge in [0.05, 0.1) is 0 Å². The van der Waals surface area contributed by atoms with Gasteiger partial charge in [0, 0.05) is 44.5 Å². The van der Waals surface area contributed by atoms with Crippen molar-refractivity contribution in [3.8, 4) is 11.5 Å². The van der Waals surface area contributed by atoms with E-state index in [1.54, 1.807) is 0 Å². The van der Waals surface area contributed by atoms with Crippen LogP contribution >= 0.6 is 0 Å². The molecule has 0 aliphatic carbocycles. The maximum Gasteiger partial charge on any atom is 0.231 e. The van der Waals surface area contributed by atoms with E-state index >= 15 is 0 Å². The van der Waals surface area contributed by atoms with E-state index in [0.29, 0.717) is 6.79 Å². The van der Waals surface area contributed by atoms with Crippen molar-refractivity contribution in [1.82, 2.24) is 9.88 Å². The Morgan fingerprint density at radius 1 is 1.09 bits per heavy atom. The van der Waals surface area contributed by atoms with Gasteiger partial charge in [-0.1, -0.05) is 12.1 Å². The molecule has 4 rings (SSSR count). The maximum absolute atomic E-state index is 5.48. The van der Waals surface area contributed by atoms with Gasteiger partial charge in [0.15, 0.2) is 11.5 Å². The molecule has 0 radical (unpaired) electrons. The number of fused-ring (bicyclic) bond motifs is 2. The first-order valence-electron chi connectivity index (χ1n) is 7.97. The molecule has 0 spiro atoms. The van der Waals surface area contributed by atoms with Crippen LogP contribution in [0.5, 0.6) is 11.5 Å². The van der Waals surface area contributed by atoms with Crippen LogP contribution in [-0.2, 0) is 13.1 Å². The summed E-state index contributed by atoms with van der Waals surface area (Å²) in [5, 5.41) is 0. The third kappa shape index (κ3) is 2.84. The average molecular weight is 311 g/mol. The van der Waals surface area contributed by atoms with Crippen molar-refractivity contribution in [2.45, 2.75) is 20.0 Å². The zero-order valence-corrected chi connectivity index (χ0v) is 13.6. The SMILES string of the molecule is Cc1ccc2c(n1)N(C)CCN(Cc1ccc3c(c1)OCO3)C2. The summed E-state index contributed by atoms with van der Waals surface area (Å²) >= 11 is 0. The van der Waals surface area contributed by atoms with Gasteiger partial charge in [-0.05, 0) is 30.7 Å². The van der Waals surface area contributed by atoms with Gasteiger partial charge in [0.2, 0.25) is 6.79 Å². The highest BCUT2D eigenvalue weighted by molar-refractivity contribution is 5.48. The molecule has 0 N–H and O–H groups in total. The highest BCUT2D eigenvalue weighted by atomic mass is 16.7. The van der Waals surface area contributed by atoms with Crippen LogP contribution in [-0.4, -0.2) is 36.8 Å². The monoisotopic (exact) mass is 311 g/mol. The lowest BCUT2D eigenvalue weighted by molar-refractivity contribution is 0.174. The van der Waals surface area contributed by atoms with Gasteiger partial charge >= 0.3 is 0 Å². The van der Waals surface area contributed by atoms with Crippen LogP contribution in [0.15, 0.2) is 30.3 Å². The fourth-order valence-electron chi connectivity index (χ4n) is 3.18. The van der Waals surface area contributed by atoms with Crippen molar-refractivity contribution in [2.75, 3.05) is 31.8 Å². The zero-order chi connectivity index (χ0) is 15.8. The Balaban J connectivity index is 1.55. The normalized spacial score (nSPS) is 17.0. The van der Waals surface area contributed by atoms with Crippen molar-refractivity contribution < 1.29 is 9.47 Å². The first-order valence-corrected chi connectivity index (χ1v) is 7.97. The quantitative estimate of drug-likeness (QED) is 0.852. The smallest absolute Gasteiger partial charge is 0.231 e. The lowest BCUT2D eigenvalue weighted by atomic mass is 10.1. The lowest BCUT2D eigenvalue weighted by Gasteiger charge is -2.20. The van der Waals surface area contributed by atoms with E-state index < -0.39 is 0 Å². The third-order valence-electron chi connectivity index (χ3n) is 4.45. The minimum Gasteiger partial charge on any atom is -0.454 e. The summed E-state index contributed by atoms with van der Waals surface area (Å²) < 4.78 is 10.9. The predicted molar refractivity (Wildman–Crippen MR) is 88.9 cm³/mol. The standard InChI is InChI=1S/C18H21N3O2/c1-13-3-5-15-11-21(8-7-20(2)18(15)19-13)10-14-4-6-16-17(9-14)23-12-22-16/h3-6,9H,7-8,10-12H2,1-2H3. The van der Waals surface area contributed by atoms with Crippen molar-refractivity contribution in [1.29, 1.82) is 0 Å².